The Hall–Kier alpha value is -2.94. The topological polar surface area (TPSA) is 54.4 Å². The molecule has 0 aliphatic rings. The number of aliphatic carboxylic acids is 1. The lowest BCUT2D eigenvalue weighted by Crippen LogP contribution is -1.89. The maximum absolute atomic E-state index is 10.7. The highest BCUT2D eigenvalue weighted by Gasteiger charge is 2.06. The average molecular weight is 278 g/mol. The molecule has 0 spiro atoms. The van der Waals surface area contributed by atoms with Gasteiger partial charge in [0, 0.05) is 6.08 Å². The minimum atomic E-state index is -0.987. The predicted octanol–water partition coefficient (Wildman–Crippen LogP) is 3.66. The first-order chi connectivity index (χ1) is 10.2. The Kier molecular flexibility index (Phi) is 4.83. The molecule has 0 bridgehead atoms. The molecule has 0 aromatic heterocycles. The molecule has 3 heteroatoms. The van der Waals surface area contributed by atoms with Crippen LogP contribution in [0.1, 0.15) is 11.1 Å². The summed E-state index contributed by atoms with van der Waals surface area (Å²) in [5.41, 5.74) is 3.58. The van der Waals surface area contributed by atoms with E-state index >= 15 is 0 Å². The van der Waals surface area contributed by atoms with Gasteiger partial charge in [-0.15, -0.1) is 0 Å². The molecule has 21 heavy (non-hydrogen) atoms. The molecule has 0 aliphatic heterocycles. The summed E-state index contributed by atoms with van der Waals surface area (Å²) in [4.78, 5) is 21.2. The van der Waals surface area contributed by atoms with Gasteiger partial charge in [-0.1, -0.05) is 54.6 Å². The molecule has 0 saturated carbocycles. The quantitative estimate of drug-likeness (QED) is 0.670. The van der Waals surface area contributed by atoms with Crippen LogP contribution in [0.15, 0.2) is 60.7 Å². The first-order valence-electron chi connectivity index (χ1n) is 6.43. The van der Waals surface area contributed by atoms with Gasteiger partial charge in [-0.25, -0.2) is 4.79 Å². The van der Waals surface area contributed by atoms with Crippen LogP contribution in [0, 0.1) is 0 Å². The Bertz CT molecular complexity index is 712. The second kappa shape index (κ2) is 7.01. The smallest absolute Gasteiger partial charge is 0.328 e. The Morgan fingerprint density at radius 2 is 1.38 bits per heavy atom. The van der Waals surface area contributed by atoms with Gasteiger partial charge in [0.2, 0.25) is 0 Å². The van der Waals surface area contributed by atoms with Crippen molar-refractivity contribution in [2.75, 3.05) is 0 Å². The van der Waals surface area contributed by atoms with Crippen LogP contribution < -0.4 is 0 Å². The number of allylic oxidation sites excluding steroid dienone is 1. The summed E-state index contributed by atoms with van der Waals surface area (Å²) in [5, 5.41) is 8.77. The fourth-order valence-corrected chi connectivity index (χ4v) is 2.08. The van der Waals surface area contributed by atoms with Crippen molar-refractivity contribution in [3.63, 3.8) is 0 Å². The van der Waals surface area contributed by atoms with Crippen LogP contribution >= 0.6 is 0 Å². The molecule has 3 nitrogen and oxygen atoms in total. The Balaban J connectivity index is 2.54. The van der Waals surface area contributed by atoms with Crippen molar-refractivity contribution in [1.82, 2.24) is 0 Å². The Morgan fingerprint density at radius 3 is 1.90 bits per heavy atom. The molecule has 104 valence electrons. The third-order valence-corrected chi connectivity index (χ3v) is 2.97. The van der Waals surface area contributed by atoms with E-state index in [1.165, 1.54) is 6.08 Å². The molecular formula is C18H14O3. The summed E-state index contributed by atoms with van der Waals surface area (Å²) < 4.78 is 0. The van der Waals surface area contributed by atoms with Crippen LogP contribution in [0.5, 0.6) is 0 Å². The van der Waals surface area contributed by atoms with Gasteiger partial charge in [0.15, 0.2) is 0 Å². The van der Waals surface area contributed by atoms with Gasteiger partial charge in [0.05, 0.1) is 0 Å². The number of hydrogen-bond acceptors (Lipinski definition) is 2. The highest BCUT2D eigenvalue weighted by Crippen LogP contribution is 2.28. The second-order valence-electron chi connectivity index (χ2n) is 4.34. The molecule has 0 aliphatic carbocycles. The number of benzene rings is 2. The van der Waals surface area contributed by atoms with E-state index in [0.717, 1.165) is 34.6 Å². The van der Waals surface area contributed by atoms with Gasteiger partial charge in [-0.05, 0) is 34.4 Å². The molecule has 0 atom stereocenters. The molecule has 0 saturated heterocycles. The minimum Gasteiger partial charge on any atom is -0.478 e. The Morgan fingerprint density at radius 1 is 0.857 bits per heavy atom. The molecule has 0 amide bonds. The molecule has 0 radical (unpaired) electrons. The lowest BCUT2D eigenvalue weighted by molar-refractivity contribution is -0.131. The summed E-state index contributed by atoms with van der Waals surface area (Å²) in [6.07, 6.45) is 6.59. The van der Waals surface area contributed by atoms with Crippen molar-refractivity contribution < 1.29 is 14.7 Å². The molecular weight excluding hydrogens is 264 g/mol. The summed E-state index contributed by atoms with van der Waals surface area (Å²) in [5.74, 6) is -0.987. The normalized spacial score (nSPS) is 11.0. The lowest BCUT2D eigenvalue weighted by atomic mass is 9.95. The standard InChI is InChI=1S/C18H14O3/c19-13-5-8-14-6-1-3-9-16(14)17-10-4-2-7-15(17)11-12-18(20)21/h1-13H,(H,20,21)/b8-5+,12-11+. The van der Waals surface area contributed by atoms with Crippen molar-refractivity contribution in [1.29, 1.82) is 0 Å². The zero-order chi connectivity index (χ0) is 15.1. The molecule has 0 heterocycles. The summed E-state index contributed by atoms with van der Waals surface area (Å²) in [6.45, 7) is 0. The summed E-state index contributed by atoms with van der Waals surface area (Å²) in [7, 11) is 0. The summed E-state index contributed by atoms with van der Waals surface area (Å²) >= 11 is 0. The van der Waals surface area contributed by atoms with Gasteiger partial charge in [-0.2, -0.15) is 0 Å². The largest absolute Gasteiger partial charge is 0.478 e. The van der Waals surface area contributed by atoms with Crippen molar-refractivity contribution in [3.05, 3.63) is 71.8 Å². The monoisotopic (exact) mass is 278 g/mol. The van der Waals surface area contributed by atoms with E-state index in [-0.39, 0.29) is 0 Å². The van der Waals surface area contributed by atoms with Gasteiger partial charge in [-0.3, -0.25) is 4.79 Å². The van der Waals surface area contributed by atoms with Crippen molar-refractivity contribution in [2.45, 2.75) is 0 Å². The van der Waals surface area contributed by atoms with E-state index in [4.69, 9.17) is 5.11 Å². The van der Waals surface area contributed by atoms with Crippen LogP contribution in [-0.2, 0) is 9.59 Å². The van der Waals surface area contributed by atoms with E-state index < -0.39 is 5.97 Å². The maximum atomic E-state index is 10.7. The second-order valence-corrected chi connectivity index (χ2v) is 4.34. The predicted molar refractivity (Wildman–Crippen MR) is 83.6 cm³/mol. The molecule has 2 rings (SSSR count). The highest BCUT2D eigenvalue weighted by molar-refractivity contribution is 5.89. The van der Waals surface area contributed by atoms with E-state index in [9.17, 15) is 9.59 Å². The number of carboxylic acids is 1. The lowest BCUT2D eigenvalue weighted by Gasteiger charge is -2.09. The number of rotatable bonds is 5. The Labute approximate surface area is 122 Å². The number of carboxylic acid groups (broad SMARTS) is 1. The van der Waals surface area contributed by atoms with E-state index in [2.05, 4.69) is 0 Å². The third-order valence-electron chi connectivity index (χ3n) is 2.97. The summed E-state index contributed by atoms with van der Waals surface area (Å²) in [6, 6.07) is 15.2. The SMILES string of the molecule is O=C/C=C/c1ccccc1-c1ccccc1/C=C/C(=O)O. The number of carbonyl (C=O) groups excluding carboxylic acids is 1. The van der Waals surface area contributed by atoms with E-state index in [0.29, 0.717) is 0 Å². The fraction of sp³-hybridized carbons (Fsp3) is 0. The average Bonchev–Trinajstić information content (AvgIpc) is 2.51. The minimum absolute atomic E-state index is 0.729. The third kappa shape index (κ3) is 3.76. The molecule has 2 aromatic carbocycles. The van der Waals surface area contributed by atoms with Crippen molar-refractivity contribution >= 4 is 24.4 Å². The fourth-order valence-electron chi connectivity index (χ4n) is 2.08. The van der Waals surface area contributed by atoms with E-state index in [1.807, 2.05) is 48.5 Å². The van der Waals surface area contributed by atoms with Crippen LogP contribution in [0.2, 0.25) is 0 Å². The molecule has 0 unspecified atom stereocenters. The molecule has 1 N–H and O–H groups in total. The van der Waals surface area contributed by atoms with Crippen LogP contribution in [0.3, 0.4) is 0 Å². The zero-order valence-electron chi connectivity index (χ0n) is 11.3. The van der Waals surface area contributed by atoms with Gasteiger partial charge in [0.1, 0.15) is 6.29 Å². The molecule has 2 aromatic rings. The van der Waals surface area contributed by atoms with Crippen molar-refractivity contribution in [2.24, 2.45) is 0 Å². The number of carbonyl (C=O) groups is 2. The maximum Gasteiger partial charge on any atom is 0.328 e. The van der Waals surface area contributed by atoms with Gasteiger partial charge in [0.25, 0.3) is 0 Å². The number of aldehydes is 1. The first-order valence-corrected chi connectivity index (χ1v) is 6.43. The van der Waals surface area contributed by atoms with Crippen molar-refractivity contribution in [3.8, 4) is 11.1 Å². The number of hydrogen-bond donors (Lipinski definition) is 1. The van der Waals surface area contributed by atoms with Crippen LogP contribution in [0.25, 0.3) is 23.3 Å². The van der Waals surface area contributed by atoms with Crippen LogP contribution in [0.4, 0.5) is 0 Å². The first kappa shape index (κ1) is 14.5. The van der Waals surface area contributed by atoms with Gasteiger partial charge >= 0.3 is 5.97 Å². The molecule has 0 fully saturated rings. The van der Waals surface area contributed by atoms with Gasteiger partial charge < -0.3 is 5.11 Å². The van der Waals surface area contributed by atoms with E-state index in [1.54, 1.807) is 12.2 Å². The highest BCUT2D eigenvalue weighted by atomic mass is 16.4. The van der Waals surface area contributed by atoms with Crippen LogP contribution in [-0.4, -0.2) is 17.4 Å². The zero-order valence-corrected chi connectivity index (χ0v) is 11.3.